The fraction of sp³-hybridized carbons (Fsp3) is 0.588. The summed E-state index contributed by atoms with van der Waals surface area (Å²) in [6, 6.07) is 8.13. The maximum atomic E-state index is 12.5. The molecule has 1 unspecified atom stereocenters. The Morgan fingerprint density at radius 2 is 2.00 bits per heavy atom. The second-order valence-corrected chi connectivity index (χ2v) is 6.07. The van der Waals surface area contributed by atoms with Gasteiger partial charge in [-0.05, 0) is 24.5 Å². The van der Waals surface area contributed by atoms with Crippen LogP contribution in [0.2, 0.25) is 0 Å². The maximum Gasteiger partial charge on any atom is 0.241 e. The van der Waals surface area contributed by atoms with Gasteiger partial charge in [-0.3, -0.25) is 14.6 Å². The molecule has 2 heterocycles. The van der Waals surface area contributed by atoms with Crippen LogP contribution in [-0.2, 0) is 16.0 Å². The van der Waals surface area contributed by atoms with Crippen molar-refractivity contribution in [2.45, 2.75) is 18.9 Å². The fourth-order valence-electron chi connectivity index (χ4n) is 3.37. The molecule has 120 valence electrons. The Kier molecular flexibility index (Phi) is 5.08. The molecule has 2 aliphatic heterocycles. The van der Waals surface area contributed by atoms with Crippen molar-refractivity contribution in [3.63, 3.8) is 0 Å². The molecule has 2 aliphatic rings. The molecule has 0 aliphatic carbocycles. The Morgan fingerprint density at radius 1 is 1.23 bits per heavy atom. The minimum absolute atomic E-state index is 0.00280. The first-order valence-corrected chi connectivity index (χ1v) is 8.12. The number of hydrogen-bond acceptors (Lipinski definition) is 4. The van der Waals surface area contributed by atoms with Crippen LogP contribution in [0, 0.1) is 0 Å². The van der Waals surface area contributed by atoms with Crippen LogP contribution >= 0.6 is 0 Å². The molecular formula is C17H25N3O2. The molecule has 5 heteroatoms. The van der Waals surface area contributed by atoms with Crippen molar-refractivity contribution in [1.29, 1.82) is 0 Å². The van der Waals surface area contributed by atoms with Gasteiger partial charge in [0.05, 0.1) is 12.6 Å². The number of piperazine rings is 1. The van der Waals surface area contributed by atoms with Crippen LogP contribution in [0.25, 0.3) is 0 Å². The Labute approximate surface area is 132 Å². The lowest BCUT2D eigenvalue weighted by molar-refractivity contribution is -0.122. The third-order valence-electron chi connectivity index (χ3n) is 4.72. The van der Waals surface area contributed by atoms with Crippen LogP contribution in [-0.4, -0.2) is 68.2 Å². The summed E-state index contributed by atoms with van der Waals surface area (Å²) in [6.45, 7) is 5.70. The third-order valence-corrected chi connectivity index (χ3v) is 4.72. The van der Waals surface area contributed by atoms with Gasteiger partial charge < -0.3 is 10.1 Å². The number of anilines is 1. The van der Waals surface area contributed by atoms with Crippen LogP contribution < -0.4 is 5.32 Å². The highest BCUT2D eigenvalue weighted by Crippen LogP contribution is 2.24. The minimum atomic E-state index is -0.00280. The number of carbonyl (C=O) groups excluding carboxylic acids is 1. The molecule has 1 aromatic carbocycles. The van der Waals surface area contributed by atoms with E-state index in [9.17, 15) is 4.79 Å². The predicted molar refractivity (Wildman–Crippen MR) is 87.1 cm³/mol. The number of para-hydroxylation sites is 1. The van der Waals surface area contributed by atoms with Crippen molar-refractivity contribution in [3.05, 3.63) is 29.8 Å². The molecule has 1 aromatic rings. The Balaban J connectivity index is 1.59. The topological polar surface area (TPSA) is 44.8 Å². The normalized spacial score (nSPS) is 23.7. The second-order valence-electron chi connectivity index (χ2n) is 6.07. The van der Waals surface area contributed by atoms with Crippen molar-refractivity contribution in [2.75, 3.05) is 51.8 Å². The van der Waals surface area contributed by atoms with Gasteiger partial charge in [0.15, 0.2) is 0 Å². The van der Waals surface area contributed by atoms with Gasteiger partial charge in [-0.15, -0.1) is 0 Å². The van der Waals surface area contributed by atoms with E-state index in [1.807, 2.05) is 18.2 Å². The van der Waals surface area contributed by atoms with Gasteiger partial charge >= 0.3 is 0 Å². The zero-order valence-electron chi connectivity index (χ0n) is 13.3. The van der Waals surface area contributed by atoms with Crippen molar-refractivity contribution in [2.24, 2.45) is 0 Å². The zero-order chi connectivity index (χ0) is 15.4. The summed E-state index contributed by atoms with van der Waals surface area (Å²) in [4.78, 5) is 17.3. The molecule has 0 radical (unpaired) electrons. The van der Waals surface area contributed by atoms with Crippen LogP contribution in [0.5, 0.6) is 0 Å². The van der Waals surface area contributed by atoms with Gasteiger partial charge in [-0.1, -0.05) is 18.2 Å². The van der Waals surface area contributed by atoms with Crippen molar-refractivity contribution in [3.8, 4) is 0 Å². The molecule has 5 nitrogen and oxygen atoms in total. The number of rotatable bonds is 4. The van der Waals surface area contributed by atoms with E-state index in [0.717, 1.165) is 57.9 Å². The van der Waals surface area contributed by atoms with E-state index in [1.54, 1.807) is 7.11 Å². The predicted octanol–water partition coefficient (Wildman–Crippen LogP) is 1.20. The quantitative estimate of drug-likeness (QED) is 0.908. The molecule has 22 heavy (non-hydrogen) atoms. The smallest absolute Gasteiger partial charge is 0.241 e. The molecule has 1 amide bonds. The van der Waals surface area contributed by atoms with E-state index in [-0.39, 0.29) is 11.9 Å². The Bertz CT molecular complexity index is 512. The van der Waals surface area contributed by atoms with Crippen LogP contribution in [0.15, 0.2) is 24.3 Å². The standard InChI is InChI=1S/C17H25N3O2/c1-22-13-12-19-8-10-20(11-9-19)16-7-6-14-4-2-3-5-15(14)18-17(16)21/h2-5,16H,6-13H2,1H3,(H,18,21). The summed E-state index contributed by atoms with van der Waals surface area (Å²) >= 11 is 0. The number of methoxy groups -OCH3 is 1. The highest BCUT2D eigenvalue weighted by atomic mass is 16.5. The number of carbonyl (C=O) groups is 1. The number of hydrogen-bond donors (Lipinski definition) is 1. The van der Waals surface area contributed by atoms with E-state index in [2.05, 4.69) is 21.2 Å². The number of nitrogens with zero attached hydrogens (tertiary/aromatic N) is 2. The second kappa shape index (κ2) is 7.22. The van der Waals surface area contributed by atoms with Gasteiger partial charge in [0.2, 0.25) is 5.91 Å². The Morgan fingerprint density at radius 3 is 2.77 bits per heavy atom. The van der Waals surface area contributed by atoms with Gasteiger partial charge in [-0.2, -0.15) is 0 Å². The van der Waals surface area contributed by atoms with Gasteiger partial charge in [0, 0.05) is 45.5 Å². The minimum Gasteiger partial charge on any atom is -0.383 e. The highest BCUT2D eigenvalue weighted by molar-refractivity contribution is 5.96. The number of benzene rings is 1. The average Bonchev–Trinajstić information content (AvgIpc) is 2.72. The van der Waals surface area contributed by atoms with E-state index in [1.165, 1.54) is 5.56 Å². The van der Waals surface area contributed by atoms with Crippen molar-refractivity contribution in [1.82, 2.24) is 9.80 Å². The lowest BCUT2D eigenvalue weighted by atomic mass is 10.0. The monoisotopic (exact) mass is 303 g/mol. The van der Waals surface area contributed by atoms with E-state index < -0.39 is 0 Å². The molecule has 0 bridgehead atoms. The molecule has 1 atom stereocenters. The number of ether oxygens (including phenoxy) is 1. The summed E-state index contributed by atoms with van der Waals surface area (Å²) in [6.07, 6.45) is 1.87. The van der Waals surface area contributed by atoms with Crippen molar-refractivity contribution >= 4 is 11.6 Å². The molecule has 0 saturated carbocycles. The fourth-order valence-corrected chi connectivity index (χ4v) is 3.37. The zero-order valence-corrected chi connectivity index (χ0v) is 13.3. The lowest BCUT2D eigenvalue weighted by Gasteiger charge is -2.38. The molecule has 1 saturated heterocycles. The first kappa shape index (κ1) is 15.5. The Hall–Kier alpha value is -1.43. The molecule has 3 rings (SSSR count). The summed E-state index contributed by atoms with van der Waals surface area (Å²) in [5.74, 6) is 0.148. The summed E-state index contributed by atoms with van der Waals surface area (Å²) < 4.78 is 5.14. The third kappa shape index (κ3) is 3.48. The summed E-state index contributed by atoms with van der Waals surface area (Å²) in [5, 5.41) is 3.10. The molecule has 1 N–H and O–H groups in total. The lowest BCUT2D eigenvalue weighted by Crippen LogP contribution is -2.54. The molecule has 0 spiro atoms. The molecule has 1 fully saturated rings. The van der Waals surface area contributed by atoms with Gasteiger partial charge in [-0.25, -0.2) is 0 Å². The van der Waals surface area contributed by atoms with E-state index in [4.69, 9.17) is 4.74 Å². The van der Waals surface area contributed by atoms with Gasteiger partial charge in [0.1, 0.15) is 0 Å². The summed E-state index contributed by atoms with van der Waals surface area (Å²) in [7, 11) is 1.74. The first-order chi connectivity index (χ1) is 10.8. The van der Waals surface area contributed by atoms with E-state index in [0.29, 0.717) is 0 Å². The first-order valence-electron chi connectivity index (χ1n) is 8.12. The number of aryl methyl sites for hydroxylation is 1. The van der Waals surface area contributed by atoms with Crippen LogP contribution in [0.1, 0.15) is 12.0 Å². The SMILES string of the molecule is COCCN1CCN(C2CCc3ccccc3NC2=O)CC1. The summed E-state index contributed by atoms with van der Waals surface area (Å²) in [5.41, 5.74) is 2.23. The highest BCUT2D eigenvalue weighted by Gasteiger charge is 2.30. The maximum absolute atomic E-state index is 12.5. The average molecular weight is 303 g/mol. The number of nitrogens with one attached hydrogen (secondary N) is 1. The molecular weight excluding hydrogens is 278 g/mol. The van der Waals surface area contributed by atoms with Gasteiger partial charge in [0.25, 0.3) is 0 Å². The number of amides is 1. The largest absolute Gasteiger partial charge is 0.383 e. The van der Waals surface area contributed by atoms with Crippen LogP contribution in [0.3, 0.4) is 0 Å². The van der Waals surface area contributed by atoms with Crippen molar-refractivity contribution < 1.29 is 9.53 Å². The van der Waals surface area contributed by atoms with Crippen LogP contribution in [0.4, 0.5) is 5.69 Å². The van der Waals surface area contributed by atoms with E-state index >= 15 is 0 Å². The number of fused-ring (bicyclic) bond motifs is 1. The molecule has 0 aromatic heterocycles.